The minimum Gasteiger partial charge on any atom is -0.491 e. The van der Waals surface area contributed by atoms with Crippen molar-refractivity contribution >= 4 is 10.1 Å². The molecule has 5 nitrogen and oxygen atoms in total. The van der Waals surface area contributed by atoms with Gasteiger partial charge in [0.05, 0.1) is 24.1 Å². The number of methoxy groups -OCH3 is 1. The Labute approximate surface area is 214 Å². The molecular formula is C20H13F14NO4S. The summed E-state index contributed by atoms with van der Waals surface area (Å²) >= 11 is 0. The number of alkyl halides is 9. The van der Waals surface area contributed by atoms with Crippen LogP contribution in [0, 0.1) is 29.1 Å². The summed E-state index contributed by atoms with van der Waals surface area (Å²) in [6.07, 6.45) is -7.40. The molecule has 0 saturated heterocycles. The molecule has 2 aromatic rings. The number of pyridine rings is 1. The Morgan fingerprint density at radius 2 is 1.15 bits per heavy atom. The second-order valence-corrected chi connectivity index (χ2v) is 10.4. The Kier molecular flexibility index (Phi) is 8.11. The van der Waals surface area contributed by atoms with Crippen molar-refractivity contribution in [3.05, 3.63) is 40.8 Å². The summed E-state index contributed by atoms with van der Waals surface area (Å²) in [5.74, 6) is -31.4. The van der Waals surface area contributed by atoms with Crippen LogP contribution < -0.4 is 8.92 Å². The fourth-order valence-electron chi connectivity index (χ4n) is 2.92. The maximum absolute atomic E-state index is 14.4. The Hall–Kier alpha value is -3.06. The van der Waals surface area contributed by atoms with Crippen LogP contribution in [0.15, 0.2) is 6.07 Å². The number of hydrogen-bond acceptors (Lipinski definition) is 5. The van der Waals surface area contributed by atoms with E-state index < -0.39 is 96.3 Å². The van der Waals surface area contributed by atoms with E-state index in [1.54, 1.807) is 0 Å². The van der Waals surface area contributed by atoms with Crippen molar-refractivity contribution in [1.29, 1.82) is 0 Å². The van der Waals surface area contributed by atoms with Crippen molar-refractivity contribution in [3.63, 3.8) is 0 Å². The number of rotatable bonds is 7. The Morgan fingerprint density at radius 1 is 0.725 bits per heavy atom. The molecule has 1 aromatic carbocycles. The van der Waals surface area contributed by atoms with Crippen LogP contribution in [0.2, 0.25) is 0 Å². The van der Waals surface area contributed by atoms with Crippen molar-refractivity contribution in [2.24, 2.45) is 0 Å². The predicted octanol–water partition coefficient (Wildman–Crippen LogP) is 6.88. The quantitative estimate of drug-likeness (QED) is 0.145. The van der Waals surface area contributed by atoms with E-state index in [9.17, 15) is 69.9 Å². The molecule has 20 heteroatoms. The second-order valence-electron chi connectivity index (χ2n) is 8.78. The van der Waals surface area contributed by atoms with Gasteiger partial charge >= 0.3 is 33.4 Å². The first-order valence-corrected chi connectivity index (χ1v) is 11.3. The van der Waals surface area contributed by atoms with Gasteiger partial charge in [-0.2, -0.15) is 47.9 Å². The maximum Gasteiger partial charge on any atom is 0.460 e. The van der Waals surface area contributed by atoms with Gasteiger partial charge in [0.15, 0.2) is 34.8 Å². The molecule has 0 amide bonds. The van der Waals surface area contributed by atoms with E-state index in [4.69, 9.17) is 0 Å². The van der Waals surface area contributed by atoms with Crippen LogP contribution in [0.5, 0.6) is 11.5 Å². The largest absolute Gasteiger partial charge is 0.491 e. The smallest absolute Gasteiger partial charge is 0.460 e. The van der Waals surface area contributed by atoms with E-state index in [2.05, 4.69) is 13.9 Å². The zero-order chi connectivity index (χ0) is 31.6. The lowest BCUT2D eigenvalue weighted by Gasteiger charge is -2.32. The van der Waals surface area contributed by atoms with Crippen molar-refractivity contribution < 1.29 is 78.8 Å². The molecule has 0 saturated carbocycles. The van der Waals surface area contributed by atoms with Crippen LogP contribution in [-0.4, -0.2) is 43.8 Å². The SMILES string of the molecule is COc1c(OS(=O)(=O)C(F)(F)C(F)(F)C(F)(F)C(F)(F)F)cc(-c2c(F)c(F)c(F)c(F)c2F)nc1C(C)(C)C. The third-order valence-corrected chi connectivity index (χ3v) is 6.23. The monoisotopic (exact) mass is 629 g/mol. The number of benzene rings is 1. The summed E-state index contributed by atoms with van der Waals surface area (Å²) in [6.45, 7) is 3.47. The molecule has 226 valence electrons. The molecule has 0 radical (unpaired) electrons. The van der Waals surface area contributed by atoms with Gasteiger partial charge in [-0.25, -0.2) is 26.9 Å². The highest BCUT2D eigenvalue weighted by atomic mass is 32.2. The fourth-order valence-corrected chi connectivity index (χ4v) is 3.83. The van der Waals surface area contributed by atoms with E-state index in [-0.39, 0.29) is 6.07 Å². The average molecular weight is 629 g/mol. The highest BCUT2D eigenvalue weighted by Crippen LogP contribution is 2.55. The topological polar surface area (TPSA) is 65.5 Å². The standard InChI is InChI=1S/C20H13F14NO4S/c1-16(2,3)15-14(38-4)7(5-6(35-15)8-9(21)11(23)13(25)12(24)10(8)22)39-40(36,37)20(33,34)18(28,29)17(26,27)19(30,31)32/h5H,1-4H3. The molecule has 0 aliphatic carbocycles. The molecule has 0 fully saturated rings. The van der Waals surface area contributed by atoms with Crippen LogP contribution in [0.4, 0.5) is 61.5 Å². The zero-order valence-electron chi connectivity index (χ0n) is 19.9. The summed E-state index contributed by atoms with van der Waals surface area (Å²) in [5, 5.41) is -7.36. The highest BCUT2D eigenvalue weighted by Gasteiger charge is 2.86. The lowest BCUT2D eigenvalue weighted by atomic mass is 9.90. The summed E-state index contributed by atoms with van der Waals surface area (Å²) in [7, 11) is -7.00. The third kappa shape index (κ3) is 4.98. The number of halogens is 14. The first-order chi connectivity index (χ1) is 17.7. The number of ether oxygens (including phenoxy) is 1. The van der Waals surface area contributed by atoms with Gasteiger partial charge in [-0.05, 0) is 0 Å². The highest BCUT2D eigenvalue weighted by molar-refractivity contribution is 7.88. The number of nitrogens with zero attached hydrogens (tertiary/aromatic N) is 1. The van der Waals surface area contributed by atoms with Gasteiger partial charge in [-0.3, -0.25) is 0 Å². The van der Waals surface area contributed by atoms with Gasteiger partial charge < -0.3 is 8.92 Å². The van der Waals surface area contributed by atoms with E-state index in [1.165, 1.54) is 0 Å². The Balaban J connectivity index is 2.94. The molecule has 0 unspecified atom stereocenters. The predicted molar refractivity (Wildman–Crippen MR) is 105 cm³/mol. The molecule has 0 N–H and O–H groups in total. The molecule has 40 heavy (non-hydrogen) atoms. The first-order valence-electron chi connectivity index (χ1n) is 9.94. The van der Waals surface area contributed by atoms with Gasteiger partial charge in [0, 0.05) is 11.5 Å². The van der Waals surface area contributed by atoms with E-state index in [0.29, 0.717) is 7.11 Å². The number of aromatic nitrogens is 1. The molecule has 0 aliphatic heterocycles. The van der Waals surface area contributed by atoms with Crippen LogP contribution >= 0.6 is 0 Å². The van der Waals surface area contributed by atoms with Crippen LogP contribution in [-0.2, 0) is 15.5 Å². The molecule has 1 aromatic heterocycles. The summed E-state index contributed by atoms with van der Waals surface area (Å²) < 4.78 is 222. The lowest BCUT2D eigenvalue weighted by molar-refractivity contribution is -0.382. The molecule has 1 heterocycles. The normalized spacial score (nSPS) is 13.9. The maximum atomic E-state index is 14.4. The van der Waals surface area contributed by atoms with Gasteiger partial charge in [-0.15, -0.1) is 0 Å². The number of hydrogen-bond donors (Lipinski definition) is 0. The molecule has 0 bridgehead atoms. The molecule has 2 rings (SSSR count). The zero-order valence-corrected chi connectivity index (χ0v) is 20.7. The van der Waals surface area contributed by atoms with Crippen LogP contribution in [0.25, 0.3) is 11.3 Å². The minimum absolute atomic E-state index is 0.181. The third-order valence-electron chi connectivity index (χ3n) is 4.95. The summed E-state index contributed by atoms with van der Waals surface area (Å²) in [4.78, 5) is 3.55. The Bertz CT molecular complexity index is 1400. The summed E-state index contributed by atoms with van der Waals surface area (Å²) in [6, 6.07) is -0.181. The molecular weight excluding hydrogens is 616 g/mol. The average Bonchev–Trinajstić information content (AvgIpc) is 2.79. The van der Waals surface area contributed by atoms with Crippen molar-refractivity contribution in [1.82, 2.24) is 4.98 Å². The van der Waals surface area contributed by atoms with Crippen molar-refractivity contribution in [3.8, 4) is 22.8 Å². The fraction of sp³-hybridized carbons (Fsp3) is 0.450. The van der Waals surface area contributed by atoms with Gasteiger partial charge in [0.1, 0.15) is 0 Å². The lowest BCUT2D eigenvalue weighted by Crippen LogP contribution is -2.63. The second kappa shape index (κ2) is 9.79. The molecule has 0 aliphatic rings. The van der Waals surface area contributed by atoms with E-state index in [1.807, 2.05) is 0 Å². The van der Waals surface area contributed by atoms with Crippen LogP contribution in [0.1, 0.15) is 26.5 Å². The molecule has 0 atom stereocenters. The van der Waals surface area contributed by atoms with Crippen LogP contribution in [0.3, 0.4) is 0 Å². The van der Waals surface area contributed by atoms with Crippen molar-refractivity contribution in [2.45, 2.75) is 49.5 Å². The first kappa shape index (κ1) is 33.1. The molecule has 0 spiro atoms. The van der Waals surface area contributed by atoms with Crippen molar-refractivity contribution in [2.75, 3.05) is 7.11 Å². The van der Waals surface area contributed by atoms with Gasteiger partial charge in [0.25, 0.3) is 0 Å². The Morgan fingerprint density at radius 3 is 1.52 bits per heavy atom. The van der Waals surface area contributed by atoms with Gasteiger partial charge in [-0.1, -0.05) is 20.8 Å². The van der Waals surface area contributed by atoms with Gasteiger partial charge in [0.2, 0.25) is 5.82 Å². The minimum atomic E-state index is -7.71. The van der Waals surface area contributed by atoms with E-state index in [0.717, 1.165) is 20.8 Å². The van der Waals surface area contributed by atoms with E-state index >= 15 is 0 Å². The summed E-state index contributed by atoms with van der Waals surface area (Å²) in [5.41, 5.74) is -5.72.